The number of nitrogens with zero attached hydrogens (tertiary/aromatic N) is 1. The van der Waals surface area contributed by atoms with Crippen LogP contribution < -0.4 is 5.32 Å². The third-order valence-electron chi connectivity index (χ3n) is 4.46. The Morgan fingerprint density at radius 1 is 1.14 bits per heavy atom. The summed E-state index contributed by atoms with van der Waals surface area (Å²) >= 11 is 0. The van der Waals surface area contributed by atoms with E-state index >= 15 is 0 Å². The number of benzene rings is 1. The summed E-state index contributed by atoms with van der Waals surface area (Å²) in [7, 11) is -0.777. The second-order valence-electron chi connectivity index (χ2n) is 6.44. The lowest BCUT2D eigenvalue weighted by atomic mass is 10.1. The second kappa shape index (κ2) is 6.07. The summed E-state index contributed by atoms with van der Waals surface area (Å²) < 4.78 is 23.1. The molecule has 5 heteroatoms. The number of sulfone groups is 1. The molecule has 4 nitrogen and oxygen atoms in total. The van der Waals surface area contributed by atoms with E-state index in [0.29, 0.717) is 11.5 Å². The summed E-state index contributed by atoms with van der Waals surface area (Å²) in [5.74, 6) is 0.653. The van der Waals surface area contributed by atoms with Crippen LogP contribution in [0.1, 0.15) is 30.4 Å². The van der Waals surface area contributed by atoms with Crippen LogP contribution in [0.3, 0.4) is 0 Å². The van der Waals surface area contributed by atoms with Crippen molar-refractivity contribution in [1.29, 1.82) is 0 Å². The second-order valence-corrected chi connectivity index (χ2v) is 8.67. The maximum Gasteiger partial charge on any atom is 0.151 e. The highest BCUT2D eigenvalue weighted by atomic mass is 32.2. The highest BCUT2D eigenvalue weighted by Crippen LogP contribution is 2.20. The van der Waals surface area contributed by atoms with E-state index in [1.54, 1.807) is 0 Å². The van der Waals surface area contributed by atoms with Crippen molar-refractivity contribution in [1.82, 2.24) is 10.2 Å². The molecule has 2 aliphatic rings. The van der Waals surface area contributed by atoms with Crippen molar-refractivity contribution in [3.05, 3.63) is 35.4 Å². The predicted molar refractivity (Wildman–Crippen MR) is 84.8 cm³/mol. The Bertz CT molecular complexity index is 579. The van der Waals surface area contributed by atoms with E-state index in [9.17, 15) is 8.42 Å². The average molecular weight is 308 g/mol. The maximum atomic E-state index is 11.5. The zero-order valence-electron chi connectivity index (χ0n) is 12.6. The Hall–Kier alpha value is -0.910. The monoisotopic (exact) mass is 308 g/mol. The summed E-state index contributed by atoms with van der Waals surface area (Å²) in [6, 6.07) is 9.56. The summed E-state index contributed by atoms with van der Waals surface area (Å²) in [5.41, 5.74) is 2.56. The van der Waals surface area contributed by atoms with Gasteiger partial charge in [-0.25, -0.2) is 8.42 Å². The van der Waals surface area contributed by atoms with Gasteiger partial charge in [0.2, 0.25) is 0 Å². The van der Waals surface area contributed by atoms with E-state index in [2.05, 4.69) is 34.5 Å². The first-order chi connectivity index (χ1) is 10.0. The van der Waals surface area contributed by atoms with Gasteiger partial charge in [-0.05, 0) is 37.4 Å². The highest BCUT2D eigenvalue weighted by Gasteiger charge is 2.30. The Morgan fingerprint density at radius 3 is 2.38 bits per heavy atom. The van der Waals surface area contributed by atoms with Crippen LogP contribution >= 0.6 is 0 Å². The zero-order chi connectivity index (χ0) is 14.9. The Balaban J connectivity index is 1.52. The molecule has 1 N–H and O–H groups in total. The summed E-state index contributed by atoms with van der Waals surface area (Å²) in [4.78, 5) is 2.17. The quantitative estimate of drug-likeness (QED) is 0.866. The topological polar surface area (TPSA) is 49.4 Å². The largest absolute Gasteiger partial charge is 0.310 e. The van der Waals surface area contributed by atoms with Crippen molar-refractivity contribution in [3.8, 4) is 0 Å². The standard InChI is InChI=1S/C16H24N2O2S/c1-18(16-8-9-21(19,20)12-16)11-14-4-2-13(3-5-14)10-17-15-6-7-15/h2-5,15-17H,6-12H2,1H3. The van der Waals surface area contributed by atoms with E-state index in [-0.39, 0.29) is 6.04 Å². The molecule has 0 spiro atoms. The smallest absolute Gasteiger partial charge is 0.151 e. The molecule has 1 aliphatic carbocycles. The number of nitrogens with one attached hydrogen (secondary N) is 1. The molecule has 1 atom stereocenters. The van der Waals surface area contributed by atoms with Crippen LogP contribution in [0.5, 0.6) is 0 Å². The van der Waals surface area contributed by atoms with Crippen molar-refractivity contribution in [3.63, 3.8) is 0 Å². The van der Waals surface area contributed by atoms with Crippen LogP contribution in [0.4, 0.5) is 0 Å². The fourth-order valence-electron chi connectivity index (χ4n) is 2.85. The van der Waals surface area contributed by atoms with E-state index in [1.165, 1.54) is 24.0 Å². The zero-order valence-corrected chi connectivity index (χ0v) is 13.4. The van der Waals surface area contributed by atoms with Gasteiger partial charge in [0, 0.05) is 25.2 Å². The van der Waals surface area contributed by atoms with Crippen LogP contribution in [0.25, 0.3) is 0 Å². The van der Waals surface area contributed by atoms with Gasteiger partial charge in [0.15, 0.2) is 9.84 Å². The molecular weight excluding hydrogens is 284 g/mol. The van der Waals surface area contributed by atoms with Gasteiger partial charge in [-0.3, -0.25) is 4.90 Å². The van der Waals surface area contributed by atoms with Crippen LogP contribution in [-0.2, 0) is 22.9 Å². The lowest BCUT2D eigenvalue weighted by Crippen LogP contribution is -2.32. The van der Waals surface area contributed by atoms with E-state index in [0.717, 1.165) is 25.6 Å². The summed E-state index contributed by atoms with van der Waals surface area (Å²) in [6.45, 7) is 1.76. The lowest BCUT2D eigenvalue weighted by Gasteiger charge is -2.23. The van der Waals surface area contributed by atoms with Gasteiger partial charge in [-0.15, -0.1) is 0 Å². The molecule has 2 fully saturated rings. The predicted octanol–water partition coefficient (Wildman–Crippen LogP) is 1.56. The molecule has 0 aromatic heterocycles. The minimum atomic E-state index is -2.80. The highest BCUT2D eigenvalue weighted by molar-refractivity contribution is 7.91. The number of hydrogen-bond acceptors (Lipinski definition) is 4. The van der Waals surface area contributed by atoms with Gasteiger partial charge in [0.05, 0.1) is 11.5 Å². The fourth-order valence-corrected chi connectivity index (χ4v) is 4.66. The number of hydrogen-bond donors (Lipinski definition) is 1. The molecule has 0 bridgehead atoms. The van der Waals surface area contributed by atoms with Gasteiger partial charge in [-0.2, -0.15) is 0 Å². The van der Waals surface area contributed by atoms with Gasteiger partial charge < -0.3 is 5.32 Å². The minimum absolute atomic E-state index is 0.172. The van der Waals surface area contributed by atoms with Crippen molar-refractivity contribution in [2.45, 2.75) is 44.4 Å². The molecule has 3 rings (SSSR count). The van der Waals surface area contributed by atoms with Gasteiger partial charge in [0.1, 0.15) is 0 Å². The first-order valence-corrected chi connectivity index (χ1v) is 9.56. The Morgan fingerprint density at radius 2 is 1.81 bits per heavy atom. The summed E-state index contributed by atoms with van der Waals surface area (Å²) in [6.07, 6.45) is 3.39. The number of rotatable bonds is 6. The molecule has 21 heavy (non-hydrogen) atoms. The molecule has 1 aromatic carbocycles. The molecule has 1 saturated carbocycles. The molecule has 0 radical (unpaired) electrons. The Kier molecular flexibility index (Phi) is 4.33. The minimum Gasteiger partial charge on any atom is -0.310 e. The lowest BCUT2D eigenvalue weighted by molar-refractivity contribution is 0.254. The molecule has 1 aliphatic heterocycles. The third-order valence-corrected chi connectivity index (χ3v) is 6.21. The molecular formula is C16H24N2O2S. The normalized spacial score (nSPS) is 24.6. The van der Waals surface area contributed by atoms with E-state index in [1.807, 2.05) is 7.05 Å². The van der Waals surface area contributed by atoms with Crippen LogP contribution in [-0.4, -0.2) is 44.0 Å². The van der Waals surface area contributed by atoms with Crippen molar-refractivity contribution in [2.75, 3.05) is 18.6 Å². The molecule has 1 aromatic rings. The van der Waals surface area contributed by atoms with Gasteiger partial charge in [0.25, 0.3) is 0 Å². The average Bonchev–Trinajstić information content (AvgIpc) is 3.20. The molecule has 1 heterocycles. The third kappa shape index (κ3) is 4.28. The molecule has 1 saturated heterocycles. The molecule has 116 valence electrons. The Labute approximate surface area is 127 Å². The first-order valence-electron chi connectivity index (χ1n) is 7.74. The van der Waals surface area contributed by atoms with Gasteiger partial charge >= 0.3 is 0 Å². The summed E-state index contributed by atoms with van der Waals surface area (Å²) in [5, 5.41) is 3.51. The van der Waals surface area contributed by atoms with Crippen LogP contribution in [0.2, 0.25) is 0 Å². The maximum absolute atomic E-state index is 11.5. The molecule has 0 amide bonds. The van der Waals surface area contributed by atoms with Crippen LogP contribution in [0, 0.1) is 0 Å². The van der Waals surface area contributed by atoms with Crippen molar-refractivity contribution < 1.29 is 8.42 Å². The van der Waals surface area contributed by atoms with E-state index < -0.39 is 9.84 Å². The van der Waals surface area contributed by atoms with Crippen LogP contribution in [0.15, 0.2) is 24.3 Å². The van der Waals surface area contributed by atoms with Crippen molar-refractivity contribution in [2.24, 2.45) is 0 Å². The first kappa shape index (κ1) is 15.0. The van der Waals surface area contributed by atoms with Crippen molar-refractivity contribution >= 4 is 9.84 Å². The van der Waals surface area contributed by atoms with E-state index in [4.69, 9.17) is 0 Å². The van der Waals surface area contributed by atoms with Gasteiger partial charge in [-0.1, -0.05) is 24.3 Å². The molecule has 1 unspecified atom stereocenters. The SMILES string of the molecule is CN(Cc1ccc(CNC2CC2)cc1)C1CCS(=O)(=O)C1. The fraction of sp³-hybridized carbons (Fsp3) is 0.625.